The van der Waals surface area contributed by atoms with Crippen molar-refractivity contribution in [2.75, 3.05) is 7.11 Å². The number of hydrogen-bond acceptors (Lipinski definition) is 5. The van der Waals surface area contributed by atoms with E-state index >= 15 is 0 Å². The summed E-state index contributed by atoms with van der Waals surface area (Å²) in [7, 11) is 1.57. The van der Waals surface area contributed by atoms with Gasteiger partial charge in [-0.05, 0) is 19.8 Å². The molecule has 1 heterocycles. The molecule has 2 rings (SSSR count). The summed E-state index contributed by atoms with van der Waals surface area (Å²) in [5, 5.41) is 6.82. The number of carbonyl (C=O) groups excluding carboxylic acids is 1. The molecule has 1 amide bonds. The molecule has 1 fully saturated rings. The molecule has 0 aliphatic heterocycles. The summed E-state index contributed by atoms with van der Waals surface area (Å²) in [4.78, 5) is 16.0. The molecule has 106 valence electrons. The molecule has 0 bridgehead atoms. The van der Waals surface area contributed by atoms with Crippen LogP contribution in [0, 0.1) is 0 Å². The second-order valence-electron chi connectivity index (χ2n) is 5.01. The summed E-state index contributed by atoms with van der Waals surface area (Å²) >= 11 is 0. The summed E-state index contributed by atoms with van der Waals surface area (Å²) in [5.41, 5.74) is 0. The molecule has 0 aromatic carbocycles. The Balaban J connectivity index is 1.82. The van der Waals surface area contributed by atoms with Gasteiger partial charge in [0.05, 0.1) is 6.42 Å². The number of rotatable bonds is 5. The molecule has 1 aromatic heterocycles. The summed E-state index contributed by atoms with van der Waals surface area (Å²) in [6.07, 6.45) is 5.73. The van der Waals surface area contributed by atoms with Crippen molar-refractivity contribution in [1.29, 1.82) is 0 Å². The molecule has 0 saturated heterocycles. The molecule has 1 aromatic rings. The van der Waals surface area contributed by atoms with E-state index in [1.807, 2.05) is 6.92 Å². The topological polar surface area (TPSA) is 77.2 Å². The third-order valence-electron chi connectivity index (χ3n) is 3.47. The van der Waals surface area contributed by atoms with Crippen LogP contribution in [0.4, 0.5) is 0 Å². The van der Waals surface area contributed by atoms with E-state index in [2.05, 4.69) is 15.5 Å². The lowest BCUT2D eigenvalue weighted by molar-refractivity contribution is -0.121. The molecule has 1 N–H and O–H groups in total. The molecular weight excluding hydrogens is 246 g/mol. The van der Waals surface area contributed by atoms with Crippen LogP contribution < -0.4 is 5.32 Å². The Morgan fingerprint density at radius 1 is 1.47 bits per heavy atom. The third-order valence-corrected chi connectivity index (χ3v) is 3.47. The van der Waals surface area contributed by atoms with Crippen LogP contribution in [0.3, 0.4) is 0 Å². The number of methoxy groups -OCH3 is 1. The minimum absolute atomic E-state index is 0.0377. The van der Waals surface area contributed by atoms with E-state index in [0.717, 1.165) is 12.8 Å². The fourth-order valence-corrected chi connectivity index (χ4v) is 2.27. The van der Waals surface area contributed by atoms with Gasteiger partial charge in [0.2, 0.25) is 5.91 Å². The van der Waals surface area contributed by atoms with Gasteiger partial charge < -0.3 is 14.6 Å². The van der Waals surface area contributed by atoms with Crippen molar-refractivity contribution in [2.24, 2.45) is 0 Å². The highest BCUT2D eigenvalue weighted by atomic mass is 16.5. The van der Waals surface area contributed by atoms with E-state index in [9.17, 15) is 4.79 Å². The lowest BCUT2D eigenvalue weighted by Gasteiger charge is -2.22. The Kier molecular flexibility index (Phi) is 4.90. The van der Waals surface area contributed by atoms with Crippen molar-refractivity contribution < 1.29 is 14.1 Å². The van der Waals surface area contributed by atoms with Crippen molar-refractivity contribution in [3.8, 4) is 0 Å². The first-order valence-electron chi connectivity index (χ1n) is 6.83. The Labute approximate surface area is 112 Å². The molecule has 6 nitrogen and oxygen atoms in total. The lowest BCUT2D eigenvalue weighted by Crippen LogP contribution is -2.37. The summed E-state index contributed by atoms with van der Waals surface area (Å²) in [6.45, 7) is 1.82. The fourth-order valence-electron chi connectivity index (χ4n) is 2.27. The maximum atomic E-state index is 11.9. The molecule has 1 atom stereocenters. The molecule has 1 aliphatic rings. The third kappa shape index (κ3) is 4.02. The second kappa shape index (κ2) is 6.65. The first kappa shape index (κ1) is 14.0. The number of nitrogens with one attached hydrogen (secondary N) is 1. The van der Waals surface area contributed by atoms with Crippen molar-refractivity contribution in [2.45, 2.75) is 57.6 Å². The van der Waals surface area contributed by atoms with Crippen LogP contribution in [-0.2, 0) is 16.0 Å². The molecule has 0 unspecified atom stereocenters. The van der Waals surface area contributed by atoms with Crippen molar-refractivity contribution in [3.63, 3.8) is 0 Å². The largest absolute Gasteiger partial charge is 0.372 e. The van der Waals surface area contributed by atoms with Crippen LogP contribution in [0.15, 0.2) is 4.52 Å². The van der Waals surface area contributed by atoms with E-state index in [4.69, 9.17) is 9.26 Å². The highest BCUT2D eigenvalue weighted by Gasteiger charge is 2.19. The van der Waals surface area contributed by atoms with E-state index in [-0.39, 0.29) is 18.4 Å². The SMILES string of the molecule is CO[C@@H](C)c1nc(CC(=O)NC2CCCCC2)no1. The maximum absolute atomic E-state index is 11.9. The molecule has 0 spiro atoms. The van der Waals surface area contributed by atoms with Crippen molar-refractivity contribution >= 4 is 5.91 Å². The Hall–Kier alpha value is -1.43. The van der Waals surface area contributed by atoms with E-state index in [1.165, 1.54) is 19.3 Å². The summed E-state index contributed by atoms with van der Waals surface area (Å²) in [6, 6.07) is 0.311. The smallest absolute Gasteiger partial charge is 0.255 e. The predicted molar refractivity (Wildman–Crippen MR) is 68.4 cm³/mol. The Bertz CT molecular complexity index is 413. The highest BCUT2D eigenvalue weighted by Crippen LogP contribution is 2.17. The molecule has 1 aliphatic carbocycles. The summed E-state index contributed by atoms with van der Waals surface area (Å²) < 4.78 is 10.1. The number of carbonyl (C=O) groups is 1. The monoisotopic (exact) mass is 267 g/mol. The normalized spacial score (nSPS) is 18.2. The van der Waals surface area contributed by atoms with Crippen LogP contribution >= 0.6 is 0 Å². The average Bonchev–Trinajstić information content (AvgIpc) is 2.87. The quantitative estimate of drug-likeness (QED) is 0.879. The standard InChI is InChI=1S/C13H21N3O3/c1-9(18-2)13-15-11(16-19-13)8-12(17)14-10-6-4-3-5-7-10/h9-10H,3-8H2,1-2H3,(H,14,17)/t9-/m0/s1. The van der Waals surface area contributed by atoms with Gasteiger partial charge in [-0.3, -0.25) is 4.79 Å². The molecule has 0 radical (unpaired) electrons. The number of ether oxygens (including phenoxy) is 1. The van der Waals surface area contributed by atoms with Gasteiger partial charge in [0.1, 0.15) is 6.10 Å². The maximum Gasteiger partial charge on any atom is 0.255 e. The van der Waals surface area contributed by atoms with Gasteiger partial charge in [-0.1, -0.05) is 24.4 Å². The lowest BCUT2D eigenvalue weighted by atomic mass is 9.95. The molecular formula is C13H21N3O3. The minimum Gasteiger partial charge on any atom is -0.372 e. The summed E-state index contributed by atoms with van der Waals surface area (Å²) in [5.74, 6) is 0.777. The van der Waals surface area contributed by atoms with Gasteiger partial charge in [0.15, 0.2) is 5.82 Å². The van der Waals surface area contributed by atoms with Gasteiger partial charge in [-0.25, -0.2) is 0 Å². The molecule has 1 saturated carbocycles. The average molecular weight is 267 g/mol. The highest BCUT2D eigenvalue weighted by molar-refractivity contribution is 5.78. The van der Waals surface area contributed by atoms with Gasteiger partial charge in [-0.15, -0.1) is 0 Å². The van der Waals surface area contributed by atoms with Crippen LogP contribution in [0.1, 0.15) is 56.8 Å². The van der Waals surface area contributed by atoms with Crippen LogP contribution in [0.25, 0.3) is 0 Å². The van der Waals surface area contributed by atoms with Gasteiger partial charge in [0.25, 0.3) is 5.89 Å². The van der Waals surface area contributed by atoms with Crippen LogP contribution in [0.2, 0.25) is 0 Å². The first-order chi connectivity index (χ1) is 9.19. The fraction of sp³-hybridized carbons (Fsp3) is 0.769. The van der Waals surface area contributed by atoms with E-state index in [1.54, 1.807) is 7.11 Å². The molecule has 19 heavy (non-hydrogen) atoms. The van der Waals surface area contributed by atoms with Crippen molar-refractivity contribution in [3.05, 3.63) is 11.7 Å². The first-order valence-corrected chi connectivity index (χ1v) is 6.83. The van der Waals surface area contributed by atoms with Crippen LogP contribution in [-0.4, -0.2) is 29.2 Å². The minimum atomic E-state index is -0.248. The van der Waals surface area contributed by atoms with E-state index in [0.29, 0.717) is 17.8 Å². The molecule has 6 heteroatoms. The van der Waals surface area contributed by atoms with Crippen molar-refractivity contribution in [1.82, 2.24) is 15.5 Å². The number of nitrogens with zero attached hydrogens (tertiary/aromatic N) is 2. The number of hydrogen-bond donors (Lipinski definition) is 1. The zero-order chi connectivity index (χ0) is 13.7. The predicted octanol–water partition coefficient (Wildman–Crippen LogP) is 1.77. The van der Waals surface area contributed by atoms with E-state index < -0.39 is 0 Å². The zero-order valence-corrected chi connectivity index (χ0v) is 11.5. The Morgan fingerprint density at radius 3 is 2.89 bits per heavy atom. The van der Waals surface area contributed by atoms with Gasteiger partial charge >= 0.3 is 0 Å². The zero-order valence-electron chi connectivity index (χ0n) is 11.5. The van der Waals surface area contributed by atoms with Gasteiger partial charge in [0, 0.05) is 13.2 Å². The Morgan fingerprint density at radius 2 is 2.21 bits per heavy atom. The van der Waals surface area contributed by atoms with Gasteiger partial charge in [-0.2, -0.15) is 4.98 Å². The number of aromatic nitrogens is 2. The number of amides is 1. The van der Waals surface area contributed by atoms with Crippen LogP contribution in [0.5, 0.6) is 0 Å². The second-order valence-corrected chi connectivity index (χ2v) is 5.01.